The van der Waals surface area contributed by atoms with E-state index >= 15 is 0 Å². The van der Waals surface area contributed by atoms with Crippen molar-refractivity contribution < 1.29 is 26.3 Å². The van der Waals surface area contributed by atoms with Gasteiger partial charge in [-0.2, -0.15) is 36.9 Å². The molecule has 0 saturated carbocycles. The molecule has 0 aliphatic heterocycles. The Labute approximate surface area is 256 Å². The summed E-state index contributed by atoms with van der Waals surface area (Å²) in [5.74, 6) is 0. The second-order valence-electron chi connectivity index (χ2n) is 8.01. The summed E-state index contributed by atoms with van der Waals surface area (Å²) in [6, 6.07) is 12.6. The molecule has 4 rings (SSSR count). The lowest BCUT2D eigenvalue weighted by Gasteiger charge is -2.13. The number of rotatable bonds is 3. The fraction of sp³-hybridized carbons (Fsp3) is 0.120. The molecule has 222 valence electrons. The van der Waals surface area contributed by atoms with Crippen LogP contribution in [0.4, 0.5) is 26.3 Å². The molecule has 2 aromatic heterocycles. The van der Waals surface area contributed by atoms with E-state index in [4.69, 9.17) is 45.9 Å². The van der Waals surface area contributed by atoms with Crippen molar-refractivity contribution >= 4 is 47.2 Å². The van der Waals surface area contributed by atoms with Crippen LogP contribution in [0.25, 0.3) is 11.4 Å². The van der Waals surface area contributed by atoms with E-state index in [1.54, 1.807) is 0 Å². The number of nitriles is 2. The topological polar surface area (TPSA) is 120 Å². The smallest absolute Gasteiger partial charge is 0.328 e. The molecule has 2 aromatic carbocycles. The first-order chi connectivity index (χ1) is 20.0. The lowest BCUT2D eigenvalue weighted by molar-refractivity contribution is -0.142. The van der Waals surface area contributed by atoms with Gasteiger partial charge in [-0.15, -0.1) is 0 Å². The number of H-pyrrole nitrogens is 1. The van der Waals surface area contributed by atoms with Gasteiger partial charge in [0.2, 0.25) is 0 Å². The second-order valence-corrected chi connectivity index (χ2v) is 9.99. The molecule has 0 amide bonds. The van der Waals surface area contributed by atoms with E-state index in [9.17, 15) is 35.9 Å². The average Bonchev–Trinajstić information content (AvgIpc) is 2.91. The molecule has 43 heavy (non-hydrogen) atoms. The van der Waals surface area contributed by atoms with Gasteiger partial charge in [0.05, 0.1) is 32.5 Å². The summed E-state index contributed by atoms with van der Waals surface area (Å²) in [7, 11) is 0. The first kappa shape index (κ1) is 33.4. The number of aromatic nitrogens is 4. The predicted octanol–water partition coefficient (Wildman–Crippen LogP) is 6.94. The van der Waals surface area contributed by atoms with Crippen molar-refractivity contribution in [1.82, 2.24) is 19.1 Å². The minimum Gasteiger partial charge on any atom is -0.328 e. The normalized spacial score (nSPS) is 11.2. The van der Waals surface area contributed by atoms with Crippen LogP contribution in [0.2, 0.25) is 10.0 Å². The largest absolute Gasteiger partial charge is 0.433 e. The van der Waals surface area contributed by atoms with Gasteiger partial charge in [-0.25, -0.2) is 4.98 Å². The summed E-state index contributed by atoms with van der Waals surface area (Å²) in [6.07, 6.45) is -7.90. The summed E-state index contributed by atoms with van der Waals surface area (Å²) >= 11 is 17.4. The summed E-state index contributed by atoms with van der Waals surface area (Å²) in [6.45, 7) is 0. The first-order valence-electron chi connectivity index (χ1n) is 11.1. The van der Waals surface area contributed by atoms with Crippen LogP contribution in [0, 0.1) is 27.4 Å². The van der Waals surface area contributed by atoms with Crippen LogP contribution in [0.5, 0.6) is 0 Å². The molecule has 18 heteroatoms. The molecule has 0 bridgehead atoms. The van der Waals surface area contributed by atoms with E-state index in [1.165, 1.54) is 42.7 Å². The average molecular weight is 677 g/mol. The molecular formula is C25H12Cl2F6N6O2S2. The summed E-state index contributed by atoms with van der Waals surface area (Å²) in [5.41, 5.74) is -3.54. The maximum Gasteiger partial charge on any atom is 0.433 e. The number of thioether (sulfide) groups is 1. The molecule has 2 heterocycles. The zero-order valence-corrected chi connectivity index (χ0v) is 24.2. The molecule has 0 atom stereocenters. The number of hydrogen-bond donors (Lipinski definition) is 1. The second kappa shape index (κ2) is 13.0. The molecule has 0 unspecified atom stereocenters. The fourth-order valence-corrected chi connectivity index (χ4v) is 4.65. The Morgan fingerprint density at radius 3 is 1.72 bits per heavy atom. The number of aromatic amines is 1. The van der Waals surface area contributed by atoms with Crippen molar-refractivity contribution in [2.75, 3.05) is 6.26 Å². The summed E-state index contributed by atoms with van der Waals surface area (Å²) in [4.78, 5) is 29.3. The molecule has 1 N–H and O–H groups in total. The SMILES string of the molecule is CSc1nc(C(F)(F)F)cc(=O)n1-c1ccc(C#N)c(Cl)c1.N#Cc1ccc(-n2c(=O)cc(C(F)(F)F)[nH]c2=S)cc1Cl. The monoisotopic (exact) mass is 676 g/mol. The Morgan fingerprint density at radius 1 is 0.837 bits per heavy atom. The molecule has 0 aliphatic rings. The van der Waals surface area contributed by atoms with Gasteiger partial charge < -0.3 is 4.98 Å². The highest BCUT2D eigenvalue weighted by atomic mass is 35.5. The Kier molecular flexibility index (Phi) is 10.1. The van der Waals surface area contributed by atoms with Gasteiger partial charge in [0.1, 0.15) is 17.8 Å². The van der Waals surface area contributed by atoms with Crippen LogP contribution >= 0.6 is 47.2 Å². The minimum absolute atomic E-state index is 0.0659. The van der Waals surface area contributed by atoms with Crippen molar-refractivity contribution in [1.29, 1.82) is 10.5 Å². The molecule has 8 nitrogen and oxygen atoms in total. The Hall–Kier alpha value is -4.09. The van der Waals surface area contributed by atoms with Gasteiger partial charge in [-0.1, -0.05) is 35.0 Å². The van der Waals surface area contributed by atoms with Gasteiger partial charge in [0.25, 0.3) is 11.1 Å². The third-order valence-corrected chi connectivity index (χ3v) is 6.81. The van der Waals surface area contributed by atoms with Crippen molar-refractivity contribution in [3.05, 3.63) is 107 Å². The zero-order valence-electron chi connectivity index (χ0n) is 21.0. The van der Waals surface area contributed by atoms with Gasteiger partial charge in [-0.3, -0.25) is 18.7 Å². The third kappa shape index (κ3) is 7.66. The molecule has 0 aliphatic carbocycles. The number of halogens is 8. The zero-order chi connectivity index (χ0) is 32.3. The van der Waals surface area contributed by atoms with E-state index in [0.29, 0.717) is 12.1 Å². The van der Waals surface area contributed by atoms with E-state index < -0.39 is 39.6 Å². The fourth-order valence-electron chi connectivity index (χ4n) is 3.34. The maximum atomic E-state index is 12.7. The number of hydrogen-bond acceptors (Lipinski definition) is 7. The Morgan fingerprint density at radius 2 is 1.33 bits per heavy atom. The van der Waals surface area contributed by atoms with Crippen molar-refractivity contribution in [2.24, 2.45) is 0 Å². The highest BCUT2D eigenvalue weighted by molar-refractivity contribution is 7.98. The van der Waals surface area contributed by atoms with Crippen LogP contribution in [0.3, 0.4) is 0 Å². The van der Waals surface area contributed by atoms with Gasteiger partial charge >= 0.3 is 12.4 Å². The van der Waals surface area contributed by atoms with Gasteiger partial charge in [-0.05, 0) is 54.9 Å². The van der Waals surface area contributed by atoms with Crippen molar-refractivity contribution in [2.45, 2.75) is 17.5 Å². The minimum atomic E-state index is -4.70. The Balaban J connectivity index is 0.000000236. The lowest BCUT2D eigenvalue weighted by Crippen LogP contribution is -2.24. The maximum absolute atomic E-state index is 12.7. The van der Waals surface area contributed by atoms with E-state index in [-0.39, 0.29) is 37.7 Å². The number of benzene rings is 2. The molecule has 0 fully saturated rings. The quantitative estimate of drug-likeness (QED) is 0.108. The van der Waals surface area contributed by atoms with Crippen LogP contribution in [0.1, 0.15) is 22.5 Å². The van der Waals surface area contributed by atoms with Crippen LogP contribution in [-0.2, 0) is 12.4 Å². The van der Waals surface area contributed by atoms with Gasteiger partial charge in [0, 0.05) is 12.1 Å². The molecule has 0 radical (unpaired) electrons. The third-order valence-electron chi connectivity index (χ3n) is 5.26. The van der Waals surface area contributed by atoms with Gasteiger partial charge in [0.15, 0.2) is 15.6 Å². The number of alkyl halides is 6. The molecule has 0 spiro atoms. The van der Waals surface area contributed by atoms with E-state index in [1.807, 2.05) is 17.1 Å². The molecule has 0 saturated heterocycles. The van der Waals surface area contributed by atoms with E-state index in [2.05, 4.69) is 4.98 Å². The first-order valence-corrected chi connectivity index (χ1v) is 13.5. The highest BCUT2D eigenvalue weighted by Gasteiger charge is 2.34. The standard InChI is InChI=1S/C13H7ClF3N3OS.C12H5ClF3N3OS/c1-22-12-19-10(13(15,16)17)5-11(21)20(12)8-3-2-7(6-18)9(14)4-8;13-8-3-7(2-1-6(8)5-17)19-10(20)4-9(12(14,15)16)18-11(19)21/h2-5H,1H3;1-4H,(H,18,21). The van der Waals surface area contributed by atoms with Crippen LogP contribution in [0.15, 0.2) is 63.3 Å². The number of nitrogens with zero attached hydrogens (tertiary/aromatic N) is 5. The molecular weight excluding hydrogens is 665 g/mol. The highest BCUT2D eigenvalue weighted by Crippen LogP contribution is 2.29. The van der Waals surface area contributed by atoms with E-state index in [0.717, 1.165) is 20.9 Å². The molecule has 4 aromatic rings. The summed E-state index contributed by atoms with van der Waals surface area (Å²) < 4.78 is 77.2. The lowest BCUT2D eigenvalue weighted by atomic mass is 10.2. The Bertz CT molecular complexity index is 1940. The number of nitrogens with one attached hydrogen (secondary N) is 1. The predicted molar refractivity (Wildman–Crippen MR) is 148 cm³/mol. The van der Waals surface area contributed by atoms with Crippen molar-refractivity contribution in [3.63, 3.8) is 0 Å². The summed E-state index contributed by atoms with van der Waals surface area (Å²) in [5, 5.41) is 17.6. The van der Waals surface area contributed by atoms with Crippen LogP contribution in [-0.4, -0.2) is 25.4 Å². The van der Waals surface area contributed by atoms with Crippen LogP contribution < -0.4 is 11.1 Å². The van der Waals surface area contributed by atoms with Crippen molar-refractivity contribution in [3.8, 4) is 23.5 Å².